The molecule has 0 spiro atoms. The maximum absolute atomic E-state index is 12.4. The van der Waals surface area contributed by atoms with Gasteiger partial charge >= 0.3 is 0 Å². The van der Waals surface area contributed by atoms with Gasteiger partial charge in [-0.1, -0.05) is 0 Å². The molecule has 3 atom stereocenters. The molecule has 0 saturated carbocycles. The fraction of sp³-hybridized carbons (Fsp3) is 0.438. The van der Waals surface area contributed by atoms with Gasteiger partial charge in [0, 0.05) is 35.4 Å². The molecule has 3 unspecified atom stereocenters. The molecule has 22 heavy (non-hydrogen) atoms. The Hall–Kier alpha value is -1.79. The third-order valence-corrected chi connectivity index (χ3v) is 5.59. The van der Waals surface area contributed by atoms with Crippen molar-refractivity contribution < 1.29 is 9.59 Å². The average molecular weight is 315 g/mol. The standard InChI is InChI=1S/C16H17N3O2S/c20-9-13-4-11-6-17-14(5-15(11)22-13)16(21)18-12-3-10-1-2-19(7-10)8-12/h4-6,9-10,12H,1-3,7-8H2,(H,18,21). The molecule has 0 aromatic carbocycles. The molecule has 2 saturated heterocycles. The van der Waals surface area contributed by atoms with Gasteiger partial charge in [0.15, 0.2) is 6.29 Å². The van der Waals surface area contributed by atoms with Crippen LogP contribution in [0.5, 0.6) is 0 Å². The predicted molar refractivity (Wildman–Crippen MR) is 85.4 cm³/mol. The summed E-state index contributed by atoms with van der Waals surface area (Å²) in [6, 6.07) is 3.80. The first-order valence-electron chi connectivity index (χ1n) is 7.59. The summed E-state index contributed by atoms with van der Waals surface area (Å²) in [7, 11) is 0. The highest BCUT2D eigenvalue weighted by atomic mass is 32.1. The average Bonchev–Trinajstić information content (AvgIpc) is 3.09. The van der Waals surface area contributed by atoms with Crippen LogP contribution < -0.4 is 5.32 Å². The second-order valence-electron chi connectivity index (χ2n) is 6.19. The largest absolute Gasteiger partial charge is 0.347 e. The topological polar surface area (TPSA) is 62.3 Å². The second kappa shape index (κ2) is 5.44. The van der Waals surface area contributed by atoms with Crippen LogP contribution >= 0.6 is 11.3 Å². The van der Waals surface area contributed by atoms with Crippen molar-refractivity contribution >= 4 is 33.6 Å². The second-order valence-corrected chi connectivity index (χ2v) is 7.31. The van der Waals surface area contributed by atoms with Gasteiger partial charge in [0.1, 0.15) is 5.69 Å². The number of hydrogen-bond acceptors (Lipinski definition) is 5. The molecule has 1 N–H and O–H groups in total. The molecule has 2 fully saturated rings. The maximum Gasteiger partial charge on any atom is 0.270 e. The van der Waals surface area contributed by atoms with E-state index in [1.807, 2.05) is 0 Å². The number of amides is 1. The fourth-order valence-electron chi connectivity index (χ4n) is 3.56. The van der Waals surface area contributed by atoms with E-state index in [-0.39, 0.29) is 11.9 Å². The summed E-state index contributed by atoms with van der Waals surface area (Å²) < 4.78 is 0.926. The molecule has 114 valence electrons. The molecule has 1 amide bonds. The van der Waals surface area contributed by atoms with Gasteiger partial charge in [0.25, 0.3) is 5.91 Å². The Labute approximate surface area is 132 Å². The lowest BCUT2D eigenvalue weighted by atomic mass is 9.97. The summed E-state index contributed by atoms with van der Waals surface area (Å²) in [5.74, 6) is 0.609. The van der Waals surface area contributed by atoms with Crippen LogP contribution in [0.1, 0.15) is 33.0 Å². The summed E-state index contributed by atoms with van der Waals surface area (Å²) in [5, 5.41) is 4.02. The smallest absolute Gasteiger partial charge is 0.270 e. The van der Waals surface area contributed by atoms with Gasteiger partial charge in [-0.05, 0) is 37.4 Å². The Balaban J connectivity index is 1.51. The van der Waals surface area contributed by atoms with Gasteiger partial charge in [0.2, 0.25) is 0 Å². The van der Waals surface area contributed by atoms with Crippen molar-refractivity contribution in [3.05, 3.63) is 28.9 Å². The Morgan fingerprint density at radius 3 is 3.14 bits per heavy atom. The number of rotatable bonds is 3. The molecule has 0 radical (unpaired) electrons. The van der Waals surface area contributed by atoms with E-state index < -0.39 is 0 Å². The number of aldehydes is 1. The number of nitrogens with one attached hydrogen (secondary N) is 1. The molecule has 2 aliphatic rings. The zero-order valence-electron chi connectivity index (χ0n) is 12.1. The number of carbonyl (C=O) groups excluding carboxylic acids is 2. The quantitative estimate of drug-likeness (QED) is 0.879. The lowest BCUT2D eigenvalue weighted by Gasteiger charge is -2.30. The third kappa shape index (κ3) is 2.53. The molecular weight excluding hydrogens is 298 g/mol. The summed E-state index contributed by atoms with van der Waals surface area (Å²) in [6.45, 7) is 3.28. The molecule has 2 bridgehead atoms. The molecule has 2 aromatic rings. The number of carbonyl (C=O) groups is 2. The molecule has 4 heterocycles. The molecule has 4 rings (SSSR count). The highest BCUT2D eigenvalue weighted by molar-refractivity contribution is 7.20. The lowest BCUT2D eigenvalue weighted by molar-refractivity contribution is 0.0904. The highest BCUT2D eigenvalue weighted by Crippen LogP contribution is 2.27. The van der Waals surface area contributed by atoms with E-state index in [1.165, 1.54) is 24.3 Å². The number of thiophene rings is 1. The van der Waals surface area contributed by atoms with Crippen molar-refractivity contribution in [1.29, 1.82) is 0 Å². The zero-order valence-corrected chi connectivity index (χ0v) is 12.9. The van der Waals surface area contributed by atoms with E-state index in [9.17, 15) is 9.59 Å². The molecule has 0 aliphatic carbocycles. The number of aromatic nitrogens is 1. The lowest BCUT2D eigenvalue weighted by Crippen LogP contribution is -2.47. The number of piperidine rings is 1. The van der Waals surface area contributed by atoms with Crippen LogP contribution in [0.3, 0.4) is 0 Å². The third-order valence-electron chi connectivity index (χ3n) is 4.57. The normalized spacial score (nSPS) is 27.0. The van der Waals surface area contributed by atoms with Gasteiger partial charge in [-0.2, -0.15) is 0 Å². The van der Waals surface area contributed by atoms with Gasteiger partial charge in [-0.15, -0.1) is 11.3 Å². The Morgan fingerprint density at radius 2 is 2.32 bits per heavy atom. The first kappa shape index (κ1) is 13.8. The van der Waals surface area contributed by atoms with Crippen LogP contribution in [-0.4, -0.2) is 47.8 Å². The van der Waals surface area contributed by atoms with E-state index in [0.29, 0.717) is 10.6 Å². The summed E-state index contributed by atoms with van der Waals surface area (Å²) in [5.41, 5.74) is 0.430. The van der Waals surface area contributed by atoms with Crippen LogP contribution in [0, 0.1) is 5.92 Å². The van der Waals surface area contributed by atoms with Crippen molar-refractivity contribution in [2.75, 3.05) is 19.6 Å². The monoisotopic (exact) mass is 315 g/mol. The van der Waals surface area contributed by atoms with Crippen LogP contribution in [0.2, 0.25) is 0 Å². The van der Waals surface area contributed by atoms with Gasteiger partial charge < -0.3 is 10.2 Å². The van der Waals surface area contributed by atoms with E-state index in [4.69, 9.17) is 0 Å². The van der Waals surface area contributed by atoms with Crippen LogP contribution in [0.15, 0.2) is 18.3 Å². The number of hydrogen-bond donors (Lipinski definition) is 1. The Morgan fingerprint density at radius 1 is 1.41 bits per heavy atom. The summed E-state index contributed by atoms with van der Waals surface area (Å²) in [6.07, 6.45) is 4.82. The number of fused-ring (bicyclic) bond motifs is 3. The van der Waals surface area contributed by atoms with E-state index in [2.05, 4.69) is 15.2 Å². The van der Waals surface area contributed by atoms with Crippen LogP contribution in [0.25, 0.3) is 10.1 Å². The van der Waals surface area contributed by atoms with Crippen LogP contribution in [-0.2, 0) is 0 Å². The first-order valence-corrected chi connectivity index (χ1v) is 8.41. The van der Waals surface area contributed by atoms with E-state index in [1.54, 1.807) is 18.3 Å². The highest BCUT2D eigenvalue weighted by Gasteiger charge is 2.33. The fourth-order valence-corrected chi connectivity index (χ4v) is 4.45. The first-order chi connectivity index (χ1) is 10.7. The van der Waals surface area contributed by atoms with Crippen molar-refractivity contribution in [2.45, 2.75) is 18.9 Å². The summed E-state index contributed by atoms with van der Waals surface area (Å²) >= 11 is 1.39. The minimum atomic E-state index is -0.115. The van der Waals surface area contributed by atoms with Gasteiger partial charge in [-0.3, -0.25) is 14.6 Å². The van der Waals surface area contributed by atoms with Crippen molar-refractivity contribution in [1.82, 2.24) is 15.2 Å². The number of nitrogens with zero attached hydrogens (tertiary/aromatic N) is 2. The summed E-state index contributed by atoms with van der Waals surface area (Å²) in [4.78, 5) is 30.6. The van der Waals surface area contributed by atoms with Crippen molar-refractivity contribution in [2.24, 2.45) is 5.92 Å². The van der Waals surface area contributed by atoms with E-state index in [0.717, 1.165) is 41.8 Å². The molecular formula is C16H17N3O2S. The van der Waals surface area contributed by atoms with Crippen molar-refractivity contribution in [3.63, 3.8) is 0 Å². The van der Waals surface area contributed by atoms with Gasteiger partial charge in [-0.25, -0.2) is 0 Å². The Kier molecular flexibility index (Phi) is 3.43. The van der Waals surface area contributed by atoms with Crippen LogP contribution in [0.4, 0.5) is 0 Å². The SMILES string of the molecule is O=Cc1cc2cnc(C(=O)NC3CC4CCN(C4)C3)cc2s1. The van der Waals surface area contributed by atoms with E-state index >= 15 is 0 Å². The maximum atomic E-state index is 12.4. The Bertz CT molecular complexity index is 730. The molecule has 5 nitrogen and oxygen atoms in total. The van der Waals surface area contributed by atoms with Crippen molar-refractivity contribution in [3.8, 4) is 0 Å². The minimum absolute atomic E-state index is 0.115. The molecule has 6 heteroatoms. The molecule has 2 aliphatic heterocycles. The van der Waals surface area contributed by atoms with Gasteiger partial charge in [0.05, 0.1) is 4.88 Å². The zero-order chi connectivity index (χ0) is 15.1. The predicted octanol–water partition coefficient (Wildman–Crippen LogP) is 1.93. The molecule has 2 aromatic heterocycles. The minimum Gasteiger partial charge on any atom is -0.347 e. The number of pyridine rings is 1.